The molecule has 0 fully saturated rings. The van der Waals surface area contributed by atoms with Crippen molar-refractivity contribution in [2.45, 2.75) is 20.0 Å². The highest BCUT2D eigenvalue weighted by Crippen LogP contribution is 2.61. The van der Waals surface area contributed by atoms with Crippen LogP contribution in [0.4, 0.5) is 0 Å². The molecule has 0 aliphatic carbocycles. The Morgan fingerprint density at radius 2 is 1.76 bits per heavy atom. The van der Waals surface area contributed by atoms with E-state index in [1.807, 2.05) is 13.8 Å². The Hall–Kier alpha value is -0.720. The number of nitrogens with zero attached hydrogens (tertiary/aromatic N) is 1. The summed E-state index contributed by atoms with van der Waals surface area (Å²) in [5.74, 6) is -0.472. The average molecular weight is 345 g/mol. The van der Waals surface area contributed by atoms with Crippen LogP contribution in [-0.4, -0.2) is 35.8 Å². The summed E-state index contributed by atoms with van der Waals surface area (Å²) in [5, 5.41) is 0. The summed E-state index contributed by atoms with van der Waals surface area (Å²) < 4.78 is 10.9. The van der Waals surface area contributed by atoms with Crippen molar-refractivity contribution >= 4 is 40.7 Å². The molecule has 8 heteroatoms. The first-order valence-corrected chi connectivity index (χ1v) is 10.5. The first-order valence-electron chi connectivity index (χ1n) is 6.32. The fourth-order valence-corrected chi connectivity index (χ4v) is 5.86. The molecule has 1 heterocycles. The third-order valence-electron chi connectivity index (χ3n) is 2.79. The predicted octanol–water partition coefficient (Wildman–Crippen LogP) is 3.27. The van der Waals surface area contributed by atoms with Crippen LogP contribution in [0.1, 0.15) is 34.6 Å². The molecule has 0 saturated carbocycles. The van der Waals surface area contributed by atoms with E-state index in [0.717, 1.165) is 0 Å². The SMILES string of the molecule is COP(=S)(OC(C)C)SCN1C(=O)c2ccccc2C1=O. The molecule has 0 N–H and O–H groups in total. The van der Waals surface area contributed by atoms with Gasteiger partial charge in [-0.3, -0.25) is 14.5 Å². The van der Waals surface area contributed by atoms with Crippen molar-refractivity contribution in [2.75, 3.05) is 13.0 Å². The first kappa shape index (κ1) is 16.6. The van der Waals surface area contributed by atoms with Crippen LogP contribution in [0, 0.1) is 0 Å². The Balaban J connectivity index is 2.10. The van der Waals surface area contributed by atoms with Crippen LogP contribution in [0.3, 0.4) is 0 Å². The summed E-state index contributed by atoms with van der Waals surface area (Å²) in [7, 11) is 1.48. The van der Waals surface area contributed by atoms with Crippen molar-refractivity contribution in [3.05, 3.63) is 35.4 Å². The average Bonchev–Trinajstić information content (AvgIpc) is 2.69. The highest BCUT2D eigenvalue weighted by molar-refractivity contribution is 8.67. The second-order valence-corrected chi connectivity index (χ2v) is 11.0. The number of benzene rings is 1. The number of carbonyl (C=O) groups excluding carboxylic acids is 2. The molecule has 1 aliphatic rings. The van der Waals surface area contributed by atoms with E-state index in [4.69, 9.17) is 20.9 Å². The number of hydrogen-bond acceptors (Lipinski definition) is 6. The summed E-state index contributed by atoms with van der Waals surface area (Å²) in [5.41, 5.74) is -1.69. The highest BCUT2D eigenvalue weighted by Gasteiger charge is 2.36. The zero-order valence-electron chi connectivity index (χ0n) is 11.9. The maximum absolute atomic E-state index is 12.2. The molecule has 1 atom stereocenters. The van der Waals surface area contributed by atoms with Crippen LogP contribution < -0.4 is 0 Å². The zero-order valence-corrected chi connectivity index (χ0v) is 14.5. The number of fused-ring (bicyclic) bond motifs is 1. The fraction of sp³-hybridized carbons (Fsp3) is 0.385. The largest absolute Gasteiger partial charge is 0.325 e. The number of imide groups is 1. The van der Waals surface area contributed by atoms with Crippen LogP contribution in [0.15, 0.2) is 24.3 Å². The van der Waals surface area contributed by atoms with Crippen molar-refractivity contribution < 1.29 is 18.6 Å². The van der Waals surface area contributed by atoms with Crippen molar-refractivity contribution in [3.8, 4) is 0 Å². The second-order valence-electron chi connectivity index (χ2n) is 4.63. The quantitative estimate of drug-likeness (QED) is 0.583. The van der Waals surface area contributed by atoms with Crippen molar-refractivity contribution in [2.24, 2.45) is 0 Å². The predicted molar refractivity (Wildman–Crippen MR) is 86.9 cm³/mol. The van der Waals surface area contributed by atoms with Crippen LogP contribution in [0.25, 0.3) is 0 Å². The monoisotopic (exact) mass is 345 g/mol. The lowest BCUT2D eigenvalue weighted by Gasteiger charge is -2.23. The van der Waals surface area contributed by atoms with E-state index in [1.54, 1.807) is 24.3 Å². The number of amides is 2. The summed E-state index contributed by atoms with van der Waals surface area (Å²) >= 11 is 6.55. The number of rotatable bonds is 6. The van der Waals surface area contributed by atoms with Crippen molar-refractivity contribution in [1.82, 2.24) is 4.90 Å². The number of hydrogen-bond donors (Lipinski definition) is 0. The minimum Gasteiger partial charge on any atom is -0.325 e. The Bertz CT molecular complexity index is 585. The standard InChI is InChI=1S/C13H16NO4PS2/c1-9(2)18-19(20,17-3)21-8-14-12(15)10-6-4-5-7-11(10)13(14)16/h4-7,9H,8H2,1-3H3. The van der Waals surface area contributed by atoms with Gasteiger partial charge in [0.05, 0.1) is 23.1 Å². The van der Waals surface area contributed by atoms with Gasteiger partial charge in [-0.15, -0.1) is 0 Å². The summed E-state index contributed by atoms with van der Waals surface area (Å²) in [4.78, 5) is 25.6. The molecule has 0 spiro atoms. The van der Waals surface area contributed by atoms with E-state index in [-0.39, 0.29) is 23.8 Å². The highest BCUT2D eigenvalue weighted by atomic mass is 32.9. The molecule has 1 unspecified atom stereocenters. The lowest BCUT2D eigenvalue weighted by molar-refractivity contribution is 0.0684. The summed E-state index contributed by atoms with van der Waals surface area (Å²) in [6, 6.07) is 6.78. The molecular weight excluding hydrogens is 329 g/mol. The minimum atomic E-state index is -2.55. The van der Waals surface area contributed by atoms with E-state index in [1.165, 1.54) is 23.4 Å². The van der Waals surface area contributed by atoms with E-state index in [9.17, 15) is 9.59 Å². The molecule has 0 saturated heterocycles. The van der Waals surface area contributed by atoms with Gasteiger partial charge in [-0.2, -0.15) is 0 Å². The van der Waals surface area contributed by atoms with Gasteiger partial charge in [-0.1, -0.05) is 12.1 Å². The molecule has 114 valence electrons. The molecule has 21 heavy (non-hydrogen) atoms. The van der Waals surface area contributed by atoms with Gasteiger partial charge < -0.3 is 9.05 Å². The Morgan fingerprint density at radius 1 is 1.24 bits per heavy atom. The third kappa shape index (κ3) is 3.55. The Labute approximate surface area is 132 Å². The lowest BCUT2D eigenvalue weighted by Crippen LogP contribution is -2.29. The van der Waals surface area contributed by atoms with Gasteiger partial charge in [0, 0.05) is 7.11 Å². The molecule has 0 radical (unpaired) electrons. The van der Waals surface area contributed by atoms with E-state index < -0.39 is 5.69 Å². The van der Waals surface area contributed by atoms with Crippen molar-refractivity contribution in [3.63, 3.8) is 0 Å². The van der Waals surface area contributed by atoms with Crippen LogP contribution >= 0.6 is 17.1 Å². The van der Waals surface area contributed by atoms with Gasteiger partial charge in [-0.25, -0.2) is 0 Å². The van der Waals surface area contributed by atoms with Crippen LogP contribution in [0.2, 0.25) is 0 Å². The van der Waals surface area contributed by atoms with E-state index in [0.29, 0.717) is 11.1 Å². The Kier molecular flexibility index (Phi) is 5.22. The fourth-order valence-electron chi connectivity index (χ4n) is 1.87. The molecule has 5 nitrogen and oxygen atoms in total. The van der Waals surface area contributed by atoms with E-state index >= 15 is 0 Å². The molecule has 0 bridgehead atoms. The van der Waals surface area contributed by atoms with Crippen molar-refractivity contribution in [1.29, 1.82) is 0 Å². The van der Waals surface area contributed by atoms with Gasteiger partial charge in [-0.05, 0) is 49.2 Å². The maximum atomic E-state index is 12.2. The smallest absolute Gasteiger partial charge is 0.262 e. The van der Waals surface area contributed by atoms with Crippen LogP contribution in [-0.2, 0) is 20.9 Å². The molecule has 0 aromatic heterocycles. The summed E-state index contributed by atoms with van der Waals surface area (Å²) in [6.07, 6.45) is -0.0783. The minimum absolute atomic E-state index is 0.0783. The number of carbonyl (C=O) groups is 2. The molecular formula is C13H16NO4PS2. The van der Waals surface area contributed by atoms with Gasteiger partial charge in [0.15, 0.2) is 0 Å². The molecule has 1 aromatic rings. The topological polar surface area (TPSA) is 55.8 Å². The molecule has 1 aromatic carbocycles. The molecule has 2 rings (SSSR count). The maximum Gasteiger partial charge on any atom is 0.262 e. The third-order valence-corrected chi connectivity index (χ3v) is 8.26. The van der Waals surface area contributed by atoms with Crippen LogP contribution in [0.5, 0.6) is 0 Å². The van der Waals surface area contributed by atoms with Gasteiger partial charge >= 0.3 is 0 Å². The molecule has 2 amide bonds. The van der Waals surface area contributed by atoms with Gasteiger partial charge in [0.25, 0.3) is 11.8 Å². The Morgan fingerprint density at radius 3 is 2.19 bits per heavy atom. The second kappa shape index (κ2) is 6.58. The lowest BCUT2D eigenvalue weighted by atomic mass is 10.1. The van der Waals surface area contributed by atoms with Gasteiger partial charge in [0.1, 0.15) is 0 Å². The molecule has 1 aliphatic heterocycles. The summed E-state index contributed by atoms with van der Waals surface area (Å²) in [6.45, 7) is 3.73. The normalized spacial score (nSPS) is 17.2. The van der Waals surface area contributed by atoms with E-state index in [2.05, 4.69) is 0 Å². The zero-order chi connectivity index (χ0) is 15.6. The first-order chi connectivity index (χ1) is 9.88. The van der Waals surface area contributed by atoms with Gasteiger partial charge in [0.2, 0.25) is 5.69 Å².